The van der Waals surface area contributed by atoms with Gasteiger partial charge in [0.05, 0.1) is 6.61 Å². The second-order valence-electron chi connectivity index (χ2n) is 5.74. The van der Waals surface area contributed by atoms with Crippen LogP contribution in [0.1, 0.15) is 39.0 Å². The Hall–Kier alpha value is -0.120. The average Bonchev–Trinajstić information content (AvgIpc) is 2.94. The van der Waals surface area contributed by atoms with E-state index in [2.05, 4.69) is 12.2 Å². The van der Waals surface area contributed by atoms with Crippen molar-refractivity contribution >= 4 is 0 Å². The lowest BCUT2D eigenvalue weighted by atomic mass is 9.83. The van der Waals surface area contributed by atoms with Crippen LogP contribution in [-0.4, -0.2) is 37.5 Å². The van der Waals surface area contributed by atoms with Gasteiger partial charge in [0, 0.05) is 31.2 Å². The van der Waals surface area contributed by atoms with E-state index in [0.717, 1.165) is 38.5 Å². The van der Waals surface area contributed by atoms with E-state index in [1.165, 1.54) is 19.3 Å². The zero-order valence-corrected chi connectivity index (χ0v) is 10.4. The molecule has 2 atom stereocenters. The number of aliphatic hydroxyl groups is 1. The maximum atomic E-state index is 9.13. The van der Waals surface area contributed by atoms with Gasteiger partial charge in [-0.25, -0.2) is 0 Å². The average molecular weight is 227 g/mol. The molecule has 3 heteroatoms. The highest BCUT2D eigenvalue weighted by atomic mass is 16.5. The van der Waals surface area contributed by atoms with E-state index < -0.39 is 0 Å². The first-order valence-electron chi connectivity index (χ1n) is 6.66. The Bertz CT molecular complexity index is 210. The molecular formula is C13H25NO2. The number of hydrogen-bond donors (Lipinski definition) is 2. The minimum atomic E-state index is 0.201. The van der Waals surface area contributed by atoms with Crippen LogP contribution in [0.2, 0.25) is 0 Å². The number of nitrogens with one attached hydrogen (secondary N) is 1. The number of ether oxygens (including phenoxy) is 1. The Morgan fingerprint density at radius 2 is 2.31 bits per heavy atom. The number of hydrogen-bond acceptors (Lipinski definition) is 3. The van der Waals surface area contributed by atoms with Gasteiger partial charge in [0.1, 0.15) is 0 Å². The molecule has 1 saturated carbocycles. The Balaban J connectivity index is 1.72. The number of aliphatic hydroxyl groups excluding tert-OH is 1. The fourth-order valence-electron chi connectivity index (χ4n) is 2.64. The van der Waals surface area contributed by atoms with Crippen LogP contribution in [0.3, 0.4) is 0 Å². The summed E-state index contributed by atoms with van der Waals surface area (Å²) in [5.41, 5.74) is 0.201. The van der Waals surface area contributed by atoms with Crippen LogP contribution in [0, 0.1) is 11.3 Å². The van der Waals surface area contributed by atoms with Gasteiger partial charge in [0.15, 0.2) is 0 Å². The molecule has 16 heavy (non-hydrogen) atoms. The van der Waals surface area contributed by atoms with E-state index in [1.54, 1.807) is 0 Å². The van der Waals surface area contributed by atoms with Crippen molar-refractivity contribution in [3.63, 3.8) is 0 Å². The van der Waals surface area contributed by atoms with Crippen LogP contribution in [0.5, 0.6) is 0 Å². The molecule has 1 aliphatic carbocycles. The first-order chi connectivity index (χ1) is 7.74. The summed E-state index contributed by atoms with van der Waals surface area (Å²) < 4.78 is 5.49. The largest absolute Gasteiger partial charge is 0.396 e. The zero-order valence-electron chi connectivity index (χ0n) is 10.4. The molecule has 0 radical (unpaired) electrons. The van der Waals surface area contributed by atoms with Gasteiger partial charge < -0.3 is 15.2 Å². The molecule has 0 aromatic rings. The maximum Gasteiger partial charge on any atom is 0.0536 e. The van der Waals surface area contributed by atoms with Crippen molar-refractivity contribution in [2.75, 3.05) is 26.4 Å². The highest BCUT2D eigenvalue weighted by Gasteiger charge is 2.34. The minimum absolute atomic E-state index is 0.201. The third kappa shape index (κ3) is 3.44. The smallest absolute Gasteiger partial charge is 0.0536 e. The molecule has 0 aromatic carbocycles. The molecule has 2 unspecified atom stereocenters. The molecule has 1 heterocycles. The van der Waals surface area contributed by atoms with Crippen LogP contribution in [-0.2, 0) is 4.74 Å². The monoisotopic (exact) mass is 227 g/mol. The highest BCUT2D eigenvalue weighted by Crippen LogP contribution is 2.34. The van der Waals surface area contributed by atoms with Crippen molar-refractivity contribution in [3.8, 4) is 0 Å². The molecule has 0 amide bonds. The molecule has 2 aliphatic rings. The quantitative estimate of drug-likeness (QED) is 0.693. The summed E-state index contributed by atoms with van der Waals surface area (Å²) >= 11 is 0. The Labute approximate surface area is 98.6 Å². The molecule has 1 saturated heterocycles. The van der Waals surface area contributed by atoms with E-state index in [-0.39, 0.29) is 12.0 Å². The second kappa shape index (κ2) is 5.48. The lowest BCUT2D eigenvalue weighted by molar-refractivity contribution is 0.122. The van der Waals surface area contributed by atoms with Gasteiger partial charge >= 0.3 is 0 Å². The van der Waals surface area contributed by atoms with Gasteiger partial charge in [-0.2, -0.15) is 0 Å². The van der Waals surface area contributed by atoms with Crippen molar-refractivity contribution in [1.82, 2.24) is 5.32 Å². The van der Waals surface area contributed by atoms with E-state index in [1.807, 2.05) is 0 Å². The second-order valence-corrected chi connectivity index (χ2v) is 5.74. The van der Waals surface area contributed by atoms with Crippen LogP contribution in [0.4, 0.5) is 0 Å². The topological polar surface area (TPSA) is 41.5 Å². The van der Waals surface area contributed by atoms with E-state index in [9.17, 15) is 0 Å². The zero-order chi connectivity index (χ0) is 11.4. The Morgan fingerprint density at radius 1 is 1.50 bits per heavy atom. The summed E-state index contributed by atoms with van der Waals surface area (Å²) in [4.78, 5) is 0. The van der Waals surface area contributed by atoms with Gasteiger partial charge in [-0.05, 0) is 32.1 Å². The summed E-state index contributed by atoms with van der Waals surface area (Å²) in [6, 6.07) is 0.615. The normalized spacial score (nSPS) is 31.9. The van der Waals surface area contributed by atoms with Crippen molar-refractivity contribution in [3.05, 3.63) is 0 Å². The minimum Gasteiger partial charge on any atom is -0.396 e. The van der Waals surface area contributed by atoms with Gasteiger partial charge in [0.25, 0.3) is 0 Å². The summed E-state index contributed by atoms with van der Waals surface area (Å²) in [6.07, 6.45) is 6.14. The van der Waals surface area contributed by atoms with Crippen molar-refractivity contribution < 1.29 is 9.84 Å². The first kappa shape index (κ1) is 12.3. The predicted molar refractivity (Wildman–Crippen MR) is 64.4 cm³/mol. The maximum absolute atomic E-state index is 9.13. The Morgan fingerprint density at radius 3 is 2.88 bits per heavy atom. The third-order valence-electron chi connectivity index (χ3n) is 4.04. The van der Waals surface area contributed by atoms with E-state index in [4.69, 9.17) is 9.84 Å². The molecule has 2 fully saturated rings. The van der Waals surface area contributed by atoms with Crippen LogP contribution in [0.25, 0.3) is 0 Å². The summed E-state index contributed by atoms with van der Waals surface area (Å²) in [6.45, 7) is 5.24. The SMILES string of the molecule is CC(CC1CC1)NCC1(CCO)CCOC1. The van der Waals surface area contributed by atoms with E-state index >= 15 is 0 Å². The van der Waals surface area contributed by atoms with Crippen molar-refractivity contribution in [2.45, 2.75) is 45.1 Å². The molecule has 94 valence electrons. The summed E-state index contributed by atoms with van der Waals surface area (Å²) in [7, 11) is 0. The predicted octanol–water partition coefficient (Wildman–Crippen LogP) is 1.55. The van der Waals surface area contributed by atoms with Crippen LogP contribution >= 0.6 is 0 Å². The molecule has 0 spiro atoms. The number of rotatable bonds is 7. The molecule has 1 aliphatic heterocycles. The van der Waals surface area contributed by atoms with Gasteiger partial charge in [-0.1, -0.05) is 12.8 Å². The lowest BCUT2D eigenvalue weighted by Gasteiger charge is -2.28. The molecular weight excluding hydrogens is 202 g/mol. The third-order valence-corrected chi connectivity index (χ3v) is 4.04. The first-order valence-corrected chi connectivity index (χ1v) is 6.66. The van der Waals surface area contributed by atoms with Crippen molar-refractivity contribution in [2.24, 2.45) is 11.3 Å². The molecule has 2 rings (SSSR count). The molecule has 0 bridgehead atoms. The fourth-order valence-corrected chi connectivity index (χ4v) is 2.64. The molecule has 0 aromatic heterocycles. The van der Waals surface area contributed by atoms with Gasteiger partial charge in [-0.3, -0.25) is 0 Å². The van der Waals surface area contributed by atoms with Crippen LogP contribution < -0.4 is 5.32 Å². The highest BCUT2D eigenvalue weighted by molar-refractivity contribution is 4.87. The lowest BCUT2D eigenvalue weighted by Crippen LogP contribution is -2.40. The molecule has 3 nitrogen and oxygen atoms in total. The van der Waals surface area contributed by atoms with Gasteiger partial charge in [0.2, 0.25) is 0 Å². The molecule has 2 N–H and O–H groups in total. The summed E-state index contributed by atoms with van der Waals surface area (Å²) in [5.74, 6) is 0.983. The summed E-state index contributed by atoms with van der Waals surface area (Å²) in [5, 5.41) is 12.8. The Kier molecular flexibility index (Phi) is 4.22. The fraction of sp³-hybridized carbons (Fsp3) is 1.00. The van der Waals surface area contributed by atoms with Crippen molar-refractivity contribution in [1.29, 1.82) is 0 Å². The standard InChI is InChI=1S/C13H25NO2/c1-11(8-12-2-3-12)14-9-13(4-6-15)5-7-16-10-13/h11-12,14-15H,2-10H2,1H3. The van der Waals surface area contributed by atoms with Crippen LogP contribution in [0.15, 0.2) is 0 Å². The van der Waals surface area contributed by atoms with Gasteiger partial charge in [-0.15, -0.1) is 0 Å². The van der Waals surface area contributed by atoms with E-state index in [0.29, 0.717) is 6.04 Å².